The number of aromatic nitrogens is 2. The number of alkyl halides is 3. The second-order valence-corrected chi connectivity index (χ2v) is 4.71. The summed E-state index contributed by atoms with van der Waals surface area (Å²) in [5.74, 6) is -0.692. The van der Waals surface area contributed by atoms with Crippen LogP contribution in [0.4, 0.5) is 13.2 Å². The Labute approximate surface area is 126 Å². The minimum Gasteiger partial charge on any atom is -0.464 e. The summed E-state index contributed by atoms with van der Waals surface area (Å²) in [4.78, 5) is 19.5. The fourth-order valence-corrected chi connectivity index (χ4v) is 1.92. The zero-order chi connectivity index (χ0) is 15.6. The Bertz CT molecular complexity index is 672. The second-order valence-electron chi connectivity index (χ2n) is 3.96. The monoisotopic (exact) mass is 360 g/mol. The zero-order valence-corrected chi connectivity index (χ0v) is 12.2. The van der Waals surface area contributed by atoms with E-state index in [1.165, 1.54) is 25.4 Å². The summed E-state index contributed by atoms with van der Waals surface area (Å²) in [7, 11) is 1.20. The number of ether oxygens (including phenoxy) is 1. The van der Waals surface area contributed by atoms with E-state index in [2.05, 4.69) is 30.6 Å². The molecule has 0 radical (unpaired) electrons. The van der Waals surface area contributed by atoms with Crippen LogP contribution in [0.2, 0.25) is 0 Å². The van der Waals surface area contributed by atoms with Crippen molar-refractivity contribution in [2.24, 2.45) is 0 Å². The number of methoxy groups -OCH3 is 1. The summed E-state index contributed by atoms with van der Waals surface area (Å²) in [5, 5.41) is 0. The summed E-state index contributed by atoms with van der Waals surface area (Å²) in [6, 6.07) is 4.41. The maximum absolute atomic E-state index is 12.5. The van der Waals surface area contributed by atoms with Gasteiger partial charge in [0, 0.05) is 5.56 Å². The van der Waals surface area contributed by atoms with Crippen LogP contribution in [-0.2, 0) is 10.9 Å². The van der Waals surface area contributed by atoms with E-state index in [-0.39, 0.29) is 16.0 Å². The molecule has 0 saturated heterocycles. The summed E-state index contributed by atoms with van der Waals surface area (Å²) < 4.78 is 42.2. The molecule has 4 nitrogen and oxygen atoms in total. The lowest BCUT2D eigenvalue weighted by Gasteiger charge is -2.08. The van der Waals surface area contributed by atoms with Crippen molar-refractivity contribution in [3.05, 3.63) is 46.3 Å². The number of esters is 1. The van der Waals surface area contributed by atoms with E-state index < -0.39 is 17.7 Å². The van der Waals surface area contributed by atoms with E-state index in [0.717, 1.165) is 12.1 Å². The van der Waals surface area contributed by atoms with Gasteiger partial charge >= 0.3 is 12.1 Å². The fraction of sp³-hybridized carbons (Fsp3) is 0.154. The molecule has 0 bridgehead atoms. The number of halogens is 4. The molecule has 110 valence electrons. The number of hydrogen-bond acceptors (Lipinski definition) is 4. The number of hydrogen-bond donors (Lipinski definition) is 0. The van der Waals surface area contributed by atoms with Crippen LogP contribution in [0.1, 0.15) is 16.1 Å². The Hall–Kier alpha value is -1.96. The van der Waals surface area contributed by atoms with Crippen molar-refractivity contribution >= 4 is 21.9 Å². The Morgan fingerprint density at radius 3 is 2.38 bits per heavy atom. The maximum Gasteiger partial charge on any atom is 0.416 e. The summed E-state index contributed by atoms with van der Waals surface area (Å²) >= 11 is 3.06. The van der Waals surface area contributed by atoms with Gasteiger partial charge in [-0.1, -0.05) is 12.1 Å². The van der Waals surface area contributed by atoms with Gasteiger partial charge < -0.3 is 4.74 Å². The van der Waals surface area contributed by atoms with Gasteiger partial charge in [-0.3, -0.25) is 0 Å². The smallest absolute Gasteiger partial charge is 0.416 e. The molecule has 8 heteroatoms. The molecule has 2 rings (SSSR count). The summed E-state index contributed by atoms with van der Waals surface area (Å²) in [5.41, 5.74) is -0.125. The maximum atomic E-state index is 12.5. The van der Waals surface area contributed by atoms with Gasteiger partial charge in [-0.2, -0.15) is 13.2 Å². The molecule has 0 N–H and O–H groups in total. The van der Waals surface area contributed by atoms with Gasteiger partial charge in [-0.05, 0) is 28.1 Å². The van der Waals surface area contributed by atoms with E-state index >= 15 is 0 Å². The Kier molecular flexibility index (Phi) is 4.26. The molecule has 1 heterocycles. The molecule has 0 saturated carbocycles. The molecular weight excluding hydrogens is 353 g/mol. The van der Waals surface area contributed by atoms with Crippen LogP contribution in [0.15, 0.2) is 35.1 Å². The first kappa shape index (κ1) is 15.4. The van der Waals surface area contributed by atoms with Crippen molar-refractivity contribution in [3.63, 3.8) is 0 Å². The van der Waals surface area contributed by atoms with Crippen LogP contribution in [0.5, 0.6) is 0 Å². The number of nitrogens with zero attached hydrogens (tertiary/aromatic N) is 2. The largest absolute Gasteiger partial charge is 0.464 e. The van der Waals surface area contributed by atoms with Crippen molar-refractivity contribution < 1.29 is 22.7 Å². The van der Waals surface area contributed by atoms with Gasteiger partial charge in [0.1, 0.15) is 4.60 Å². The number of benzene rings is 1. The minimum absolute atomic E-state index is 0.0464. The van der Waals surface area contributed by atoms with Crippen LogP contribution < -0.4 is 0 Å². The lowest BCUT2D eigenvalue weighted by Crippen LogP contribution is -2.08. The highest BCUT2D eigenvalue weighted by Crippen LogP contribution is 2.30. The highest BCUT2D eigenvalue weighted by atomic mass is 79.9. The SMILES string of the molecule is COC(=O)c1nc(-c2ccc(C(F)(F)F)cc2)cnc1Br. The van der Waals surface area contributed by atoms with E-state index in [9.17, 15) is 18.0 Å². The van der Waals surface area contributed by atoms with Crippen molar-refractivity contribution in [2.75, 3.05) is 7.11 Å². The molecule has 0 atom stereocenters. The molecule has 0 spiro atoms. The molecule has 1 aromatic carbocycles. The van der Waals surface area contributed by atoms with Crippen molar-refractivity contribution in [1.29, 1.82) is 0 Å². The number of rotatable bonds is 2. The van der Waals surface area contributed by atoms with Crippen molar-refractivity contribution in [1.82, 2.24) is 9.97 Å². The molecule has 0 amide bonds. The summed E-state index contributed by atoms with van der Waals surface area (Å²) in [6.45, 7) is 0. The minimum atomic E-state index is -4.40. The molecule has 0 aliphatic rings. The molecular formula is C13H8BrF3N2O2. The number of carbonyl (C=O) groups excluding carboxylic acids is 1. The molecule has 0 unspecified atom stereocenters. The van der Waals surface area contributed by atoms with Crippen molar-refractivity contribution in [2.45, 2.75) is 6.18 Å². The van der Waals surface area contributed by atoms with Gasteiger partial charge in [0.2, 0.25) is 0 Å². The molecule has 2 aromatic rings. The Morgan fingerprint density at radius 1 is 1.24 bits per heavy atom. The first-order valence-electron chi connectivity index (χ1n) is 5.61. The molecule has 0 aliphatic heterocycles. The van der Waals surface area contributed by atoms with Crippen LogP contribution in [0, 0.1) is 0 Å². The van der Waals surface area contributed by atoms with E-state index in [1.54, 1.807) is 0 Å². The lowest BCUT2D eigenvalue weighted by atomic mass is 10.1. The topological polar surface area (TPSA) is 52.1 Å². The summed E-state index contributed by atoms with van der Waals surface area (Å²) in [6.07, 6.45) is -3.06. The fourth-order valence-electron chi connectivity index (χ4n) is 1.57. The molecule has 21 heavy (non-hydrogen) atoms. The van der Waals surface area contributed by atoms with Gasteiger partial charge in [0.05, 0.1) is 24.6 Å². The molecule has 0 aliphatic carbocycles. The van der Waals surface area contributed by atoms with Crippen molar-refractivity contribution in [3.8, 4) is 11.3 Å². The first-order valence-corrected chi connectivity index (χ1v) is 6.40. The van der Waals surface area contributed by atoms with Crippen LogP contribution >= 0.6 is 15.9 Å². The van der Waals surface area contributed by atoms with Gasteiger partial charge in [-0.25, -0.2) is 14.8 Å². The average Bonchev–Trinajstić information content (AvgIpc) is 2.46. The third kappa shape index (κ3) is 3.38. The predicted octanol–water partition coefficient (Wildman–Crippen LogP) is 3.71. The standard InChI is InChI=1S/C13H8BrF3N2O2/c1-21-12(20)10-11(14)18-6-9(19-10)7-2-4-8(5-3-7)13(15,16)17/h2-6H,1H3. The highest BCUT2D eigenvalue weighted by molar-refractivity contribution is 9.10. The normalized spacial score (nSPS) is 11.3. The Morgan fingerprint density at radius 2 is 1.86 bits per heavy atom. The van der Waals surface area contributed by atoms with Crippen LogP contribution in [0.25, 0.3) is 11.3 Å². The molecule has 1 aromatic heterocycles. The highest BCUT2D eigenvalue weighted by Gasteiger charge is 2.30. The third-order valence-electron chi connectivity index (χ3n) is 2.61. The lowest BCUT2D eigenvalue weighted by molar-refractivity contribution is -0.137. The Balaban J connectivity index is 2.41. The molecule has 0 fully saturated rings. The van der Waals surface area contributed by atoms with E-state index in [0.29, 0.717) is 5.56 Å². The third-order valence-corrected chi connectivity index (χ3v) is 3.19. The van der Waals surface area contributed by atoms with Gasteiger partial charge in [-0.15, -0.1) is 0 Å². The second kappa shape index (κ2) is 5.80. The first-order chi connectivity index (χ1) is 9.82. The van der Waals surface area contributed by atoms with Crippen LogP contribution in [0.3, 0.4) is 0 Å². The van der Waals surface area contributed by atoms with E-state index in [4.69, 9.17) is 0 Å². The quantitative estimate of drug-likeness (QED) is 0.766. The van der Waals surface area contributed by atoms with Gasteiger partial charge in [0.25, 0.3) is 0 Å². The zero-order valence-electron chi connectivity index (χ0n) is 10.6. The van der Waals surface area contributed by atoms with Crippen LogP contribution in [-0.4, -0.2) is 23.0 Å². The van der Waals surface area contributed by atoms with Gasteiger partial charge in [0.15, 0.2) is 5.69 Å². The number of carbonyl (C=O) groups is 1. The predicted molar refractivity (Wildman–Crippen MR) is 71.5 cm³/mol. The average molecular weight is 361 g/mol. The van der Waals surface area contributed by atoms with E-state index in [1.807, 2.05) is 0 Å².